The van der Waals surface area contributed by atoms with E-state index in [0.29, 0.717) is 11.7 Å². The van der Waals surface area contributed by atoms with Crippen LogP contribution < -0.4 is 15.1 Å². The molecule has 0 bridgehead atoms. The van der Waals surface area contributed by atoms with Crippen LogP contribution >= 0.6 is 0 Å². The first-order chi connectivity index (χ1) is 13.6. The van der Waals surface area contributed by atoms with Crippen molar-refractivity contribution in [2.24, 2.45) is 5.10 Å². The molecular formula is C23H31N3O2. The topological polar surface area (TPSA) is 53.9 Å². The van der Waals surface area contributed by atoms with Gasteiger partial charge in [-0.2, -0.15) is 5.10 Å². The molecule has 28 heavy (non-hydrogen) atoms. The number of nitrogens with one attached hydrogen (secondary N) is 1. The van der Waals surface area contributed by atoms with Crippen LogP contribution in [0.2, 0.25) is 0 Å². The molecule has 0 aliphatic carbocycles. The van der Waals surface area contributed by atoms with Gasteiger partial charge in [0.1, 0.15) is 5.75 Å². The van der Waals surface area contributed by atoms with Gasteiger partial charge in [-0.25, -0.2) is 5.43 Å². The molecule has 1 amide bonds. The number of rotatable bonds is 10. The fourth-order valence-corrected chi connectivity index (χ4v) is 2.85. The normalized spacial score (nSPS) is 12.0. The Morgan fingerprint density at radius 2 is 1.71 bits per heavy atom. The maximum absolute atomic E-state index is 11.9. The monoisotopic (exact) mass is 381 g/mol. The van der Waals surface area contributed by atoms with Gasteiger partial charge in [0.25, 0.3) is 5.91 Å². The molecule has 150 valence electrons. The number of carbonyl (C=O) groups excluding carboxylic acids is 1. The summed E-state index contributed by atoms with van der Waals surface area (Å²) in [7, 11) is 0. The highest BCUT2D eigenvalue weighted by atomic mass is 16.5. The van der Waals surface area contributed by atoms with E-state index in [-0.39, 0.29) is 12.5 Å². The van der Waals surface area contributed by atoms with Crippen LogP contribution in [0, 0.1) is 0 Å². The second-order valence-corrected chi connectivity index (χ2v) is 6.72. The lowest BCUT2D eigenvalue weighted by atomic mass is 9.99. The van der Waals surface area contributed by atoms with E-state index in [0.717, 1.165) is 25.1 Å². The average Bonchev–Trinajstić information content (AvgIpc) is 2.74. The van der Waals surface area contributed by atoms with Gasteiger partial charge < -0.3 is 9.64 Å². The van der Waals surface area contributed by atoms with Gasteiger partial charge in [-0.15, -0.1) is 0 Å². The van der Waals surface area contributed by atoms with Gasteiger partial charge in [0, 0.05) is 18.8 Å². The lowest BCUT2D eigenvalue weighted by Crippen LogP contribution is -2.24. The van der Waals surface area contributed by atoms with Gasteiger partial charge in [0.15, 0.2) is 6.61 Å². The number of hydrogen-bond acceptors (Lipinski definition) is 4. The Labute approximate surface area is 168 Å². The number of carbonyl (C=O) groups is 1. The summed E-state index contributed by atoms with van der Waals surface area (Å²) in [4.78, 5) is 14.2. The molecule has 1 unspecified atom stereocenters. The fourth-order valence-electron chi connectivity index (χ4n) is 2.85. The third-order valence-electron chi connectivity index (χ3n) is 4.86. The van der Waals surface area contributed by atoms with Crippen molar-refractivity contribution < 1.29 is 9.53 Å². The van der Waals surface area contributed by atoms with E-state index >= 15 is 0 Å². The molecule has 2 aromatic carbocycles. The van der Waals surface area contributed by atoms with Gasteiger partial charge in [-0.3, -0.25) is 4.79 Å². The van der Waals surface area contributed by atoms with Crippen molar-refractivity contribution in [1.29, 1.82) is 0 Å². The smallest absolute Gasteiger partial charge is 0.277 e. The summed E-state index contributed by atoms with van der Waals surface area (Å²) >= 11 is 0. The molecule has 5 nitrogen and oxygen atoms in total. The van der Waals surface area contributed by atoms with Crippen LogP contribution in [0.3, 0.4) is 0 Å². The first kappa shape index (κ1) is 21.5. The first-order valence-electron chi connectivity index (χ1n) is 9.97. The maximum Gasteiger partial charge on any atom is 0.277 e. The van der Waals surface area contributed by atoms with Crippen LogP contribution in [0.25, 0.3) is 0 Å². The molecule has 0 aromatic heterocycles. The maximum atomic E-state index is 11.9. The Hall–Kier alpha value is -2.82. The molecule has 1 atom stereocenters. The van der Waals surface area contributed by atoms with Crippen LogP contribution in [0.5, 0.6) is 5.75 Å². The van der Waals surface area contributed by atoms with Crippen LogP contribution in [-0.4, -0.2) is 31.8 Å². The SMILES string of the molecule is CCC(C)c1ccc(OCC(=O)NN=Cc2ccc(N(CC)CC)cc2)cc1. The quantitative estimate of drug-likeness (QED) is 0.484. The molecule has 0 heterocycles. The molecule has 5 heteroatoms. The van der Waals surface area contributed by atoms with Crippen LogP contribution in [0.15, 0.2) is 53.6 Å². The van der Waals surface area contributed by atoms with Crippen LogP contribution in [0.4, 0.5) is 5.69 Å². The molecule has 0 fully saturated rings. The van der Waals surface area contributed by atoms with E-state index in [9.17, 15) is 4.79 Å². The molecule has 0 saturated carbocycles. The predicted octanol–water partition coefficient (Wildman–Crippen LogP) is 4.58. The number of anilines is 1. The average molecular weight is 382 g/mol. The van der Waals surface area contributed by atoms with E-state index < -0.39 is 0 Å². The minimum absolute atomic E-state index is 0.0685. The Bertz CT molecular complexity index is 750. The number of benzene rings is 2. The number of hydrogen-bond donors (Lipinski definition) is 1. The molecule has 0 spiro atoms. The third-order valence-corrected chi connectivity index (χ3v) is 4.86. The van der Waals surface area contributed by atoms with Crippen LogP contribution in [-0.2, 0) is 4.79 Å². The largest absolute Gasteiger partial charge is 0.484 e. The van der Waals surface area contributed by atoms with Crippen molar-refractivity contribution in [3.63, 3.8) is 0 Å². The highest BCUT2D eigenvalue weighted by molar-refractivity contribution is 5.83. The molecule has 0 radical (unpaired) electrons. The molecule has 2 rings (SSSR count). The van der Waals surface area contributed by atoms with E-state index in [1.807, 2.05) is 36.4 Å². The fraction of sp³-hybridized carbons (Fsp3) is 0.391. The summed E-state index contributed by atoms with van der Waals surface area (Å²) in [6.07, 6.45) is 2.73. The Morgan fingerprint density at radius 1 is 1.07 bits per heavy atom. The van der Waals surface area contributed by atoms with Crippen molar-refractivity contribution in [2.45, 2.75) is 40.0 Å². The zero-order valence-corrected chi connectivity index (χ0v) is 17.3. The third kappa shape index (κ3) is 6.41. The number of nitrogens with zero attached hydrogens (tertiary/aromatic N) is 2. The Balaban J connectivity index is 1.79. The van der Waals surface area contributed by atoms with Gasteiger partial charge in [-0.1, -0.05) is 38.1 Å². The summed E-state index contributed by atoms with van der Waals surface area (Å²) in [5.41, 5.74) is 5.88. The van der Waals surface area contributed by atoms with E-state index in [4.69, 9.17) is 4.74 Å². The predicted molar refractivity (Wildman–Crippen MR) is 116 cm³/mol. The lowest BCUT2D eigenvalue weighted by Gasteiger charge is -2.20. The van der Waals surface area contributed by atoms with E-state index in [1.54, 1.807) is 6.21 Å². The zero-order valence-electron chi connectivity index (χ0n) is 17.3. The van der Waals surface area contributed by atoms with E-state index in [2.05, 4.69) is 55.3 Å². The summed E-state index contributed by atoms with van der Waals surface area (Å²) in [6.45, 7) is 10.5. The van der Waals surface area contributed by atoms with Crippen molar-refractivity contribution >= 4 is 17.8 Å². The number of ether oxygens (including phenoxy) is 1. The Kier molecular flexibility index (Phi) is 8.53. The highest BCUT2D eigenvalue weighted by Gasteiger charge is 2.05. The van der Waals surface area contributed by atoms with Crippen molar-refractivity contribution in [1.82, 2.24) is 5.43 Å². The lowest BCUT2D eigenvalue weighted by molar-refractivity contribution is -0.123. The van der Waals surface area contributed by atoms with Gasteiger partial charge in [-0.05, 0) is 61.6 Å². The standard InChI is InChI=1S/C23H31N3O2/c1-5-18(4)20-10-14-22(15-11-20)28-17-23(27)25-24-16-19-8-12-21(13-9-19)26(6-2)7-3/h8-16,18H,5-7,17H2,1-4H3,(H,25,27). The highest BCUT2D eigenvalue weighted by Crippen LogP contribution is 2.21. The first-order valence-corrected chi connectivity index (χ1v) is 9.97. The summed E-state index contributed by atoms with van der Waals surface area (Å²) < 4.78 is 5.51. The molecule has 2 aromatic rings. The molecule has 1 N–H and O–H groups in total. The summed E-state index contributed by atoms with van der Waals surface area (Å²) in [5.74, 6) is 0.910. The summed E-state index contributed by atoms with van der Waals surface area (Å²) in [5, 5.41) is 4.00. The second kappa shape index (κ2) is 11.1. The van der Waals surface area contributed by atoms with Crippen molar-refractivity contribution in [2.75, 3.05) is 24.6 Å². The van der Waals surface area contributed by atoms with E-state index in [1.165, 1.54) is 11.3 Å². The summed E-state index contributed by atoms with van der Waals surface area (Å²) in [6, 6.07) is 16.0. The Morgan fingerprint density at radius 3 is 2.29 bits per heavy atom. The second-order valence-electron chi connectivity index (χ2n) is 6.72. The zero-order chi connectivity index (χ0) is 20.4. The molecule has 0 saturated heterocycles. The number of amides is 1. The van der Waals surface area contributed by atoms with Crippen LogP contribution in [0.1, 0.15) is 51.2 Å². The van der Waals surface area contributed by atoms with Gasteiger partial charge in [0.05, 0.1) is 6.21 Å². The van der Waals surface area contributed by atoms with Gasteiger partial charge >= 0.3 is 0 Å². The molecule has 0 aliphatic heterocycles. The number of hydrazone groups is 1. The minimum atomic E-state index is -0.290. The van der Waals surface area contributed by atoms with Crippen molar-refractivity contribution in [3.8, 4) is 5.75 Å². The molecular weight excluding hydrogens is 350 g/mol. The van der Waals surface area contributed by atoms with Gasteiger partial charge in [0.2, 0.25) is 0 Å². The minimum Gasteiger partial charge on any atom is -0.484 e. The molecule has 0 aliphatic rings. The van der Waals surface area contributed by atoms with Crippen molar-refractivity contribution in [3.05, 3.63) is 59.7 Å².